The van der Waals surface area contributed by atoms with Gasteiger partial charge < -0.3 is 9.64 Å². The molecule has 0 heterocycles. The van der Waals surface area contributed by atoms with Gasteiger partial charge in [-0.1, -0.05) is 6.07 Å². The standard InChI is InChI=1S/C16H24N2O/c1-12-8-15(19-6)13(2)7-14(12)9-18(5)11-16(3,4)10-17/h7-8H,9,11H2,1-6H3. The highest BCUT2D eigenvalue weighted by Gasteiger charge is 2.19. The Bertz CT molecular complexity index is 486. The summed E-state index contributed by atoms with van der Waals surface area (Å²) in [4.78, 5) is 2.19. The number of hydrogen-bond acceptors (Lipinski definition) is 3. The van der Waals surface area contributed by atoms with E-state index in [4.69, 9.17) is 10.00 Å². The molecule has 0 saturated carbocycles. The van der Waals surface area contributed by atoms with Crippen LogP contribution in [0.15, 0.2) is 12.1 Å². The second-order valence-corrected chi connectivity index (χ2v) is 5.92. The zero-order valence-electron chi connectivity index (χ0n) is 12.9. The molecule has 0 N–H and O–H groups in total. The molecule has 1 aromatic carbocycles. The summed E-state index contributed by atoms with van der Waals surface area (Å²) in [6.07, 6.45) is 0. The minimum Gasteiger partial charge on any atom is -0.496 e. The first-order valence-electron chi connectivity index (χ1n) is 6.53. The van der Waals surface area contributed by atoms with Gasteiger partial charge in [-0.05, 0) is 57.5 Å². The van der Waals surface area contributed by atoms with Crippen molar-refractivity contribution in [3.05, 3.63) is 28.8 Å². The van der Waals surface area contributed by atoms with Crippen molar-refractivity contribution in [3.63, 3.8) is 0 Å². The van der Waals surface area contributed by atoms with Crippen LogP contribution in [-0.4, -0.2) is 25.6 Å². The normalized spacial score (nSPS) is 11.5. The third kappa shape index (κ3) is 4.25. The maximum atomic E-state index is 9.08. The Balaban J connectivity index is 2.83. The van der Waals surface area contributed by atoms with Crippen LogP contribution in [0.4, 0.5) is 0 Å². The molecule has 0 fully saturated rings. The van der Waals surface area contributed by atoms with E-state index in [0.29, 0.717) is 0 Å². The van der Waals surface area contributed by atoms with E-state index in [0.717, 1.165) is 24.4 Å². The number of hydrogen-bond donors (Lipinski definition) is 0. The average molecular weight is 260 g/mol. The molecule has 0 radical (unpaired) electrons. The molecule has 0 atom stereocenters. The van der Waals surface area contributed by atoms with Gasteiger partial charge in [-0.2, -0.15) is 5.26 Å². The highest BCUT2D eigenvalue weighted by atomic mass is 16.5. The van der Waals surface area contributed by atoms with Gasteiger partial charge in [-0.25, -0.2) is 0 Å². The first-order chi connectivity index (χ1) is 8.79. The monoisotopic (exact) mass is 260 g/mol. The molecule has 0 aliphatic carbocycles. The molecule has 0 aromatic heterocycles. The molecule has 0 saturated heterocycles. The van der Waals surface area contributed by atoms with E-state index in [2.05, 4.69) is 44.0 Å². The summed E-state index contributed by atoms with van der Waals surface area (Å²) in [6.45, 7) is 9.70. The largest absolute Gasteiger partial charge is 0.496 e. The molecule has 104 valence electrons. The maximum absolute atomic E-state index is 9.08. The number of rotatable bonds is 5. The number of ether oxygens (including phenoxy) is 1. The zero-order valence-corrected chi connectivity index (χ0v) is 12.9. The van der Waals surface area contributed by atoms with Crippen LogP contribution < -0.4 is 4.74 Å². The molecule has 3 heteroatoms. The fourth-order valence-corrected chi connectivity index (χ4v) is 2.30. The lowest BCUT2D eigenvalue weighted by atomic mass is 9.95. The van der Waals surface area contributed by atoms with E-state index in [1.807, 2.05) is 13.8 Å². The van der Waals surface area contributed by atoms with Gasteiger partial charge in [0.2, 0.25) is 0 Å². The van der Waals surface area contributed by atoms with E-state index < -0.39 is 0 Å². The Hall–Kier alpha value is -1.53. The summed E-state index contributed by atoms with van der Waals surface area (Å²) >= 11 is 0. The van der Waals surface area contributed by atoms with Gasteiger partial charge in [-0.15, -0.1) is 0 Å². The predicted molar refractivity (Wildman–Crippen MR) is 78.2 cm³/mol. The molecule has 1 rings (SSSR count). The van der Waals surface area contributed by atoms with Gasteiger partial charge in [-0.3, -0.25) is 0 Å². The second-order valence-electron chi connectivity index (χ2n) is 5.92. The van der Waals surface area contributed by atoms with E-state index in [1.54, 1.807) is 7.11 Å². The molecular weight excluding hydrogens is 236 g/mol. The number of nitriles is 1. The molecule has 19 heavy (non-hydrogen) atoms. The minimum absolute atomic E-state index is 0.315. The van der Waals surface area contributed by atoms with Gasteiger partial charge in [0.25, 0.3) is 0 Å². The van der Waals surface area contributed by atoms with Gasteiger partial charge >= 0.3 is 0 Å². The topological polar surface area (TPSA) is 36.3 Å². The average Bonchev–Trinajstić information content (AvgIpc) is 2.32. The fourth-order valence-electron chi connectivity index (χ4n) is 2.30. The predicted octanol–water partition coefficient (Wildman–Crippen LogP) is 3.29. The molecule has 1 aromatic rings. The van der Waals surface area contributed by atoms with Gasteiger partial charge in [0, 0.05) is 13.1 Å². The summed E-state index contributed by atoms with van der Waals surface area (Å²) in [7, 11) is 3.75. The smallest absolute Gasteiger partial charge is 0.122 e. The lowest BCUT2D eigenvalue weighted by Gasteiger charge is -2.25. The summed E-state index contributed by atoms with van der Waals surface area (Å²) in [5.74, 6) is 0.932. The Morgan fingerprint density at radius 1 is 1.26 bits per heavy atom. The zero-order chi connectivity index (χ0) is 14.6. The molecule has 0 aliphatic rings. The van der Waals surface area contributed by atoms with Gasteiger partial charge in [0.05, 0.1) is 18.6 Å². The van der Waals surface area contributed by atoms with Crippen LogP contribution in [0.3, 0.4) is 0 Å². The molecule has 0 bridgehead atoms. The molecule has 0 spiro atoms. The SMILES string of the molecule is COc1cc(C)c(CN(C)CC(C)(C)C#N)cc1C. The van der Waals surface area contributed by atoms with Crippen molar-refractivity contribution in [2.75, 3.05) is 20.7 Å². The van der Waals surface area contributed by atoms with Gasteiger partial charge in [0.1, 0.15) is 5.75 Å². The summed E-state index contributed by atoms with van der Waals surface area (Å²) < 4.78 is 5.33. The van der Waals surface area contributed by atoms with Crippen molar-refractivity contribution in [2.45, 2.75) is 34.2 Å². The molecule has 3 nitrogen and oxygen atoms in total. The van der Waals surface area contributed by atoms with E-state index in [-0.39, 0.29) is 5.41 Å². The van der Waals surface area contributed by atoms with Crippen molar-refractivity contribution >= 4 is 0 Å². The molecular formula is C16H24N2O. The van der Waals surface area contributed by atoms with E-state index >= 15 is 0 Å². The Morgan fingerprint density at radius 2 is 1.89 bits per heavy atom. The van der Waals surface area contributed by atoms with Crippen molar-refractivity contribution in [2.24, 2.45) is 5.41 Å². The summed E-state index contributed by atoms with van der Waals surface area (Å²) in [5, 5.41) is 9.08. The van der Waals surface area contributed by atoms with Crippen LogP contribution in [0.2, 0.25) is 0 Å². The van der Waals surface area contributed by atoms with Crippen LogP contribution in [0.25, 0.3) is 0 Å². The van der Waals surface area contributed by atoms with E-state index in [9.17, 15) is 0 Å². The highest BCUT2D eigenvalue weighted by molar-refractivity contribution is 5.41. The van der Waals surface area contributed by atoms with Crippen LogP contribution in [0.1, 0.15) is 30.5 Å². The molecule has 0 unspecified atom stereocenters. The highest BCUT2D eigenvalue weighted by Crippen LogP contribution is 2.24. The Morgan fingerprint density at radius 3 is 2.42 bits per heavy atom. The lowest BCUT2D eigenvalue weighted by Crippen LogP contribution is -2.30. The van der Waals surface area contributed by atoms with Crippen LogP contribution in [0, 0.1) is 30.6 Å². The second kappa shape index (κ2) is 6.08. The van der Waals surface area contributed by atoms with E-state index in [1.165, 1.54) is 11.1 Å². The fraction of sp³-hybridized carbons (Fsp3) is 0.562. The maximum Gasteiger partial charge on any atom is 0.122 e. The minimum atomic E-state index is -0.315. The van der Waals surface area contributed by atoms with Crippen LogP contribution in [-0.2, 0) is 6.54 Å². The summed E-state index contributed by atoms with van der Waals surface area (Å²) in [5.41, 5.74) is 3.35. The molecule has 0 amide bonds. The Kier molecular flexibility index (Phi) is 4.97. The number of benzene rings is 1. The van der Waals surface area contributed by atoms with Crippen LogP contribution in [0.5, 0.6) is 5.75 Å². The number of aryl methyl sites for hydroxylation is 2. The van der Waals surface area contributed by atoms with Crippen LogP contribution >= 0.6 is 0 Å². The van der Waals surface area contributed by atoms with Crippen molar-refractivity contribution < 1.29 is 4.74 Å². The van der Waals surface area contributed by atoms with Crippen molar-refractivity contribution in [3.8, 4) is 11.8 Å². The third-order valence-corrected chi connectivity index (χ3v) is 3.26. The first kappa shape index (κ1) is 15.5. The quantitative estimate of drug-likeness (QED) is 0.815. The van der Waals surface area contributed by atoms with Gasteiger partial charge in [0.15, 0.2) is 0 Å². The number of nitrogens with zero attached hydrogens (tertiary/aromatic N) is 2. The first-order valence-corrected chi connectivity index (χ1v) is 6.53. The lowest BCUT2D eigenvalue weighted by molar-refractivity contribution is 0.248. The third-order valence-electron chi connectivity index (χ3n) is 3.26. The molecule has 0 aliphatic heterocycles. The van der Waals surface area contributed by atoms with Crippen molar-refractivity contribution in [1.29, 1.82) is 5.26 Å². The Labute approximate surface area is 116 Å². The van der Waals surface area contributed by atoms with Crippen molar-refractivity contribution in [1.82, 2.24) is 4.90 Å². The number of methoxy groups -OCH3 is 1. The summed E-state index contributed by atoms with van der Waals surface area (Å²) in [6, 6.07) is 6.59.